The van der Waals surface area contributed by atoms with Gasteiger partial charge in [-0.05, 0) is 67.0 Å². The average molecular weight is 879 g/mol. The first-order valence-corrected chi connectivity index (χ1v) is 21.6. The molecule has 2 aliphatic rings. The van der Waals surface area contributed by atoms with Crippen LogP contribution in [0.2, 0.25) is 0 Å². The highest BCUT2D eigenvalue weighted by Crippen LogP contribution is 2.39. The maximum Gasteiger partial charge on any atom is 0.573 e. The molecule has 6 rings (SSSR count). The number of hydrogen-bond acceptors (Lipinski definition) is 10. The zero-order valence-electron chi connectivity index (χ0n) is 36.0. The molecule has 2 aromatic heterocycles. The smallest absolute Gasteiger partial charge is 0.453 e. The second-order valence-electron chi connectivity index (χ2n) is 16.9. The van der Waals surface area contributed by atoms with Gasteiger partial charge in [-0.3, -0.25) is 14.4 Å². The molecule has 2 aromatic carbocycles. The van der Waals surface area contributed by atoms with Gasteiger partial charge in [0.2, 0.25) is 11.8 Å². The molecular formula is C44H53F3N8O6S. The predicted molar refractivity (Wildman–Crippen MR) is 232 cm³/mol. The van der Waals surface area contributed by atoms with Gasteiger partial charge in [-0.1, -0.05) is 58.9 Å². The minimum absolute atomic E-state index is 0.00525. The second-order valence-corrected chi connectivity index (χ2v) is 18.0. The van der Waals surface area contributed by atoms with Gasteiger partial charge in [0.25, 0.3) is 5.91 Å². The fourth-order valence-electron chi connectivity index (χ4n) is 7.73. The molecule has 0 spiro atoms. The van der Waals surface area contributed by atoms with Crippen LogP contribution in [0.15, 0.2) is 67.0 Å². The number of thioether (sulfide) groups is 1. The predicted octanol–water partition coefficient (Wildman–Crippen LogP) is 7.76. The normalized spacial score (nSPS) is 18.7. The molecule has 0 radical (unpaired) electrons. The fraction of sp³-hybridized carbons (Fsp3) is 0.455. The lowest BCUT2D eigenvalue weighted by Crippen LogP contribution is -2.56. The van der Waals surface area contributed by atoms with E-state index >= 15 is 0 Å². The van der Waals surface area contributed by atoms with Gasteiger partial charge in [-0.15, -0.1) is 13.2 Å². The quantitative estimate of drug-likeness (QED) is 0.136. The lowest BCUT2D eigenvalue weighted by atomic mass is 9.94. The Morgan fingerprint density at radius 3 is 2.24 bits per heavy atom. The van der Waals surface area contributed by atoms with Crippen molar-refractivity contribution < 1.29 is 41.8 Å². The molecule has 332 valence electrons. The highest BCUT2D eigenvalue weighted by Gasteiger charge is 2.41. The Bertz CT molecular complexity index is 2250. The molecule has 2 aliphatic heterocycles. The maximum absolute atomic E-state index is 13.8. The van der Waals surface area contributed by atoms with E-state index in [1.54, 1.807) is 59.3 Å². The summed E-state index contributed by atoms with van der Waals surface area (Å²) in [6.45, 7) is 13.6. The number of piperazine rings is 1. The van der Waals surface area contributed by atoms with E-state index in [2.05, 4.69) is 35.2 Å². The number of hydrogen-bond donors (Lipinski definition) is 3. The summed E-state index contributed by atoms with van der Waals surface area (Å²) in [4.78, 5) is 70.1. The standard InChI is InChI=1S/C44H53F3N8O6S/c1-25(2)37(52-42(59)60-7)40(57)55-24-31(62-8)20-34(55)38-49-22-33(51-38)28-11-9-27(10-12-28)32-15-13-29(19-35(32)61-44(45,46)47)39(56)50-30-14-16-36(48-21-30)54-18-17-53(23-26(54)3)41(58)43(4,5)6/h9-16,19,21-22,25-26,31,34,37H,17-18,20,23-24H2,1-8H3,(H,49,51)(H,50,56)(H,52,59). The zero-order chi connectivity index (χ0) is 45.1. The molecule has 2 saturated heterocycles. The van der Waals surface area contributed by atoms with Crippen molar-refractivity contribution in [3.05, 3.63) is 78.4 Å². The summed E-state index contributed by atoms with van der Waals surface area (Å²) in [5, 5.41) is 5.51. The highest BCUT2D eigenvalue weighted by molar-refractivity contribution is 7.99. The first-order chi connectivity index (χ1) is 29.3. The van der Waals surface area contributed by atoms with Crippen LogP contribution >= 0.6 is 11.8 Å². The number of ether oxygens (including phenoxy) is 2. The zero-order valence-corrected chi connectivity index (χ0v) is 36.8. The molecule has 2 fully saturated rings. The summed E-state index contributed by atoms with van der Waals surface area (Å²) in [6, 6.07) is 12.9. The van der Waals surface area contributed by atoms with E-state index in [1.165, 1.54) is 25.4 Å². The molecule has 4 atom stereocenters. The van der Waals surface area contributed by atoms with Crippen LogP contribution in [0, 0.1) is 11.3 Å². The first kappa shape index (κ1) is 45.7. The van der Waals surface area contributed by atoms with Crippen molar-refractivity contribution in [2.75, 3.05) is 49.8 Å². The van der Waals surface area contributed by atoms with E-state index in [0.29, 0.717) is 66.8 Å². The summed E-state index contributed by atoms with van der Waals surface area (Å²) in [5.41, 5.74) is 1.66. The number of aromatic nitrogens is 3. The number of imidazole rings is 1. The van der Waals surface area contributed by atoms with E-state index in [-0.39, 0.29) is 46.2 Å². The Labute approximate surface area is 363 Å². The van der Waals surface area contributed by atoms with E-state index in [0.717, 1.165) is 6.07 Å². The third-order valence-corrected chi connectivity index (χ3v) is 12.0. The first-order valence-electron chi connectivity index (χ1n) is 20.3. The number of carbonyl (C=O) groups excluding carboxylic acids is 4. The Hall–Kier alpha value is -5.78. The number of H-pyrrole nitrogens is 1. The number of likely N-dealkylation sites (tertiary alicyclic amines) is 1. The number of amides is 4. The summed E-state index contributed by atoms with van der Waals surface area (Å²) < 4.78 is 50.4. The lowest BCUT2D eigenvalue weighted by molar-refractivity contribution is -0.274. The van der Waals surface area contributed by atoms with Gasteiger partial charge in [-0.25, -0.2) is 14.8 Å². The SMILES string of the molecule is COC(=O)NC(C(=O)N1CC(SC)CC1c1ncc(-c2ccc(-c3ccc(C(=O)Nc4ccc(N5CCN(C(=O)C(C)(C)C)CC5C)nc4)cc3OC(F)(F)F)cc2)[nH]1)C(C)C. The van der Waals surface area contributed by atoms with Crippen LogP contribution in [0.25, 0.3) is 22.4 Å². The number of carbonyl (C=O) groups is 4. The molecule has 14 nitrogen and oxygen atoms in total. The Morgan fingerprint density at radius 2 is 1.65 bits per heavy atom. The van der Waals surface area contributed by atoms with Crippen molar-refractivity contribution in [1.82, 2.24) is 30.1 Å². The van der Waals surface area contributed by atoms with Gasteiger partial charge in [0.15, 0.2) is 0 Å². The summed E-state index contributed by atoms with van der Waals surface area (Å²) in [6.07, 6.45) is 0.0113. The topological polar surface area (TPSA) is 162 Å². The molecule has 4 amide bonds. The summed E-state index contributed by atoms with van der Waals surface area (Å²) in [7, 11) is 1.24. The maximum atomic E-state index is 13.8. The van der Waals surface area contributed by atoms with Crippen LogP contribution in [0.3, 0.4) is 0 Å². The van der Waals surface area contributed by atoms with Crippen molar-refractivity contribution in [3.63, 3.8) is 0 Å². The molecular weight excluding hydrogens is 826 g/mol. The minimum Gasteiger partial charge on any atom is -0.453 e. The molecule has 4 unspecified atom stereocenters. The number of halogens is 3. The number of nitrogens with zero attached hydrogens (tertiary/aromatic N) is 5. The minimum atomic E-state index is -5.03. The monoisotopic (exact) mass is 878 g/mol. The molecule has 18 heteroatoms. The highest BCUT2D eigenvalue weighted by atomic mass is 32.2. The van der Waals surface area contributed by atoms with Crippen molar-refractivity contribution >= 4 is 47.1 Å². The Kier molecular flexibility index (Phi) is 13.8. The molecule has 62 heavy (non-hydrogen) atoms. The van der Waals surface area contributed by atoms with Crippen LogP contribution in [0.4, 0.5) is 29.5 Å². The van der Waals surface area contributed by atoms with Gasteiger partial charge < -0.3 is 39.8 Å². The third-order valence-electron chi connectivity index (χ3n) is 11.0. The summed E-state index contributed by atoms with van der Waals surface area (Å²) in [5.74, 6) is -0.324. The van der Waals surface area contributed by atoms with Crippen molar-refractivity contribution in [2.45, 2.75) is 77.7 Å². The number of alkyl halides is 3. The third kappa shape index (κ3) is 10.6. The lowest BCUT2D eigenvalue weighted by Gasteiger charge is -2.42. The number of aromatic amines is 1. The number of rotatable bonds is 11. The van der Waals surface area contributed by atoms with Crippen LogP contribution in [-0.2, 0) is 14.3 Å². The van der Waals surface area contributed by atoms with Gasteiger partial charge in [0.1, 0.15) is 23.4 Å². The van der Waals surface area contributed by atoms with Crippen molar-refractivity contribution in [3.8, 4) is 28.1 Å². The number of nitrogens with one attached hydrogen (secondary N) is 3. The van der Waals surface area contributed by atoms with E-state index in [9.17, 15) is 32.3 Å². The van der Waals surface area contributed by atoms with Crippen molar-refractivity contribution in [2.24, 2.45) is 11.3 Å². The second kappa shape index (κ2) is 18.7. The molecule has 4 aromatic rings. The van der Waals surface area contributed by atoms with E-state index < -0.39 is 35.6 Å². The van der Waals surface area contributed by atoms with Crippen molar-refractivity contribution in [1.29, 1.82) is 0 Å². The van der Waals surface area contributed by atoms with Crippen LogP contribution in [0.5, 0.6) is 5.75 Å². The Balaban J connectivity index is 1.15. The van der Waals surface area contributed by atoms with Gasteiger partial charge >= 0.3 is 12.5 Å². The summed E-state index contributed by atoms with van der Waals surface area (Å²) >= 11 is 1.64. The fourth-order valence-corrected chi connectivity index (χ4v) is 8.42. The number of benzene rings is 2. The number of pyridine rings is 1. The molecule has 4 heterocycles. The van der Waals surface area contributed by atoms with Crippen LogP contribution < -0.4 is 20.3 Å². The van der Waals surface area contributed by atoms with E-state index in [1.807, 2.05) is 52.7 Å². The van der Waals surface area contributed by atoms with Gasteiger partial charge in [0.05, 0.1) is 36.9 Å². The van der Waals surface area contributed by atoms with Crippen LogP contribution in [-0.4, -0.2) is 112 Å². The van der Waals surface area contributed by atoms with Gasteiger partial charge in [0, 0.05) is 54.0 Å². The van der Waals surface area contributed by atoms with E-state index in [4.69, 9.17) is 4.74 Å². The molecule has 3 N–H and O–H groups in total. The number of alkyl carbamates (subject to hydrolysis) is 1. The van der Waals surface area contributed by atoms with Crippen LogP contribution in [0.1, 0.15) is 70.2 Å². The Morgan fingerprint density at radius 1 is 0.935 bits per heavy atom. The average Bonchev–Trinajstić information content (AvgIpc) is 3.90. The number of anilines is 2. The van der Waals surface area contributed by atoms with Gasteiger partial charge in [-0.2, -0.15) is 11.8 Å². The molecule has 0 saturated carbocycles. The largest absolute Gasteiger partial charge is 0.573 e. The molecule has 0 bridgehead atoms. The number of methoxy groups -OCH3 is 1. The molecule has 0 aliphatic carbocycles.